The van der Waals surface area contributed by atoms with Crippen LogP contribution in [0.3, 0.4) is 0 Å². The summed E-state index contributed by atoms with van der Waals surface area (Å²) in [6, 6.07) is 0. The van der Waals surface area contributed by atoms with Crippen LogP contribution in [0, 0.1) is 0 Å². The fourth-order valence-electron chi connectivity index (χ4n) is 0.219. The topological polar surface area (TPSA) is 94.6 Å². The Morgan fingerprint density at radius 2 is 0.885 bits per heavy atom. The van der Waals surface area contributed by atoms with Gasteiger partial charge < -0.3 is 0 Å². The molecule has 0 radical (unpaired) electrons. The molecule has 172 valence electrons. The van der Waals surface area contributed by atoms with Crippen LogP contribution in [0.25, 0.3) is 0 Å². The Morgan fingerprint density at radius 1 is 0.808 bits per heavy atom. The van der Waals surface area contributed by atoms with Crippen molar-refractivity contribution in [3.63, 3.8) is 0 Å². The number of halogens is 6. The molecule has 0 N–H and O–H groups in total. The second-order valence-corrected chi connectivity index (χ2v) is 19.8. The minimum absolute atomic E-state index is 0. The van der Waals surface area contributed by atoms with Gasteiger partial charge in [-0.05, 0) is 0 Å². The third kappa shape index (κ3) is 150. The molecule has 0 atom stereocenters. The van der Waals surface area contributed by atoms with Crippen molar-refractivity contribution >= 4 is 119 Å². The maximum absolute atomic E-state index is 9.86. The van der Waals surface area contributed by atoms with Gasteiger partial charge in [-0.3, -0.25) is 4.18 Å². The Kier molecular flexibility index (Phi) is 215. The Bertz CT molecular complexity index is 343. The molecule has 0 aromatic rings. The van der Waals surface area contributed by atoms with E-state index < -0.39 is 20.7 Å². The van der Waals surface area contributed by atoms with Crippen molar-refractivity contribution < 1.29 is 38.5 Å². The average molecular weight is 1100 g/mol. The molecular weight excluding hydrogens is 1070 g/mol. The molecule has 1 aliphatic heterocycles. The fraction of sp³-hybridized carbons (Fsp3) is 0.500. The summed E-state index contributed by atoms with van der Waals surface area (Å²) in [6.45, 7) is 18.4. The number of hydrogen-bond acceptors (Lipinski definition) is 6. The van der Waals surface area contributed by atoms with Crippen molar-refractivity contribution in [2.24, 2.45) is 0 Å². The first kappa shape index (κ1) is 70.1. The molecule has 1 fully saturated rings. The minimum Gasteiger partial charge on any atom is -0.269 e. The molecule has 0 bridgehead atoms. The monoisotopic (exact) mass is 1100 g/mol. The Labute approximate surface area is 234 Å². The van der Waals surface area contributed by atoms with Crippen LogP contribution in [0.5, 0.6) is 0 Å². The third-order valence-electron chi connectivity index (χ3n) is 0.596. The summed E-state index contributed by atoms with van der Waals surface area (Å²) in [5, 5.41) is 0. The van der Waals surface area contributed by atoms with E-state index in [9.17, 15) is 8.42 Å². The quantitative estimate of drug-likeness (QED) is 0.202. The van der Waals surface area contributed by atoms with Crippen LogP contribution >= 0.6 is 98.4 Å². The van der Waals surface area contributed by atoms with Gasteiger partial charge >= 0.3 is 61.1 Å². The molecule has 1 rings (SSSR count). The van der Waals surface area contributed by atoms with Gasteiger partial charge in [-0.2, -0.15) is 8.42 Å². The number of hydrogen-bond donors (Lipinski definition) is 0. The summed E-state index contributed by atoms with van der Waals surface area (Å²) in [5.41, 5.74) is 0. The molecule has 1 aliphatic rings. The molecule has 1 saturated heterocycles. The summed E-state index contributed by atoms with van der Waals surface area (Å²) in [5.74, 6) is 0.201. The maximum Gasteiger partial charge on any atom is 0.425 e. The van der Waals surface area contributed by atoms with Crippen molar-refractivity contribution in [1.82, 2.24) is 0 Å². The van der Waals surface area contributed by atoms with E-state index >= 15 is 0 Å². The third-order valence-corrected chi connectivity index (χ3v) is 1.79. The smallest absolute Gasteiger partial charge is 0.269 e. The van der Waals surface area contributed by atoms with Gasteiger partial charge in [0.2, 0.25) is 0 Å². The predicted octanol–water partition coefficient (Wildman–Crippen LogP) is 4.46. The van der Waals surface area contributed by atoms with Gasteiger partial charge in [0.25, 0.3) is 10.1 Å². The van der Waals surface area contributed by atoms with Crippen LogP contribution in [0.2, 0.25) is 0 Å². The van der Waals surface area contributed by atoms with E-state index in [0.29, 0.717) is 19.9 Å². The predicted molar refractivity (Wildman–Crippen MR) is 162 cm³/mol. The summed E-state index contributed by atoms with van der Waals surface area (Å²) >= 11 is 9.54. The molecule has 1 heterocycles. The van der Waals surface area contributed by atoms with Crippen LogP contribution in [0.15, 0.2) is 39.5 Å². The molecule has 0 unspecified atom stereocenters. The Morgan fingerprint density at radius 3 is 0.885 bits per heavy atom. The molecule has 14 heteroatoms. The van der Waals surface area contributed by atoms with Crippen molar-refractivity contribution in [2.75, 3.05) is 12.4 Å². The van der Waals surface area contributed by atoms with Gasteiger partial charge in [-0.15, -0.1) is 76.1 Å². The van der Waals surface area contributed by atoms with Crippen LogP contribution in [0.1, 0.15) is 29.7 Å². The Hall–Kier alpha value is 3.13. The molecule has 0 spiro atoms. The van der Waals surface area contributed by atoms with E-state index in [4.69, 9.17) is 12.6 Å². The van der Waals surface area contributed by atoms with E-state index in [0.717, 1.165) is 0 Å². The molecule has 0 saturated carbocycles. The molecule has 0 aromatic heterocycles. The van der Waals surface area contributed by atoms with Crippen LogP contribution in [-0.2, 0) is 24.9 Å². The average Bonchev–Trinajstić information content (AvgIpc) is 2.46. The van der Waals surface area contributed by atoms with Crippen molar-refractivity contribution in [3.8, 4) is 0 Å². The molecule has 0 aromatic carbocycles. The van der Waals surface area contributed by atoms with E-state index in [-0.39, 0.29) is 59.4 Å². The molecule has 6 nitrogen and oxygen atoms in total. The molecule has 0 aliphatic carbocycles. The first-order valence-electron chi connectivity index (χ1n) is 4.01. The zero-order chi connectivity index (χ0) is 18.9. The first-order chi connectivity index (χ1) is 9.85. The van der Waals surface area contributed by atoms with Crippen molar-refractivity contribution in [3.05, 3.63) is 39.5 Å². The molecular formula is C12H33I6O6S2-. The summed E-state index contributed by atoms with van der Waals surface area (Å²) in [7, 11) is -6.09. The Balaban J connectivity index is -0.0000000115. The first-order valence-corrected chi connectivity index (χ1v) is 25.4. The summed E-state index contributed by atoms with van der Waals surface area (Å²) < 4.78 is 49.2. The normalized spacial score (nSPS) is 9.08. The van der Waals surface area contributed by atoms with Crippen molar-refractivity contribution in [2.45, 2.75) is 29.7 Å². The summed E-state index contributed by atoms with van der Waals surface area (Å²) in [6.07, 6.45) is 0. The van der Waals surface area contributed by atoms with Gasteiger partial charge in [-0.1, -0.05) is 29.7 Å². The SMILES string of the molecule is C.C.C.C.C=C.C=C.C=C.I.II.I[I-]I.O=S(=O)=O.O=S1(=O)CCO1. The molecule has 26 heavy (non-hydrogen) atoms. The standard InChI is InChI=1S/C2H4O3S.3C2H4.4CH4.I3.I2.HI.O3S/c3-6(4)2-1-5-6;3*1-2;;;;;1-3-2;1-2;;1-4(2)3/h1-2H2;3*1-2H2;4*1H4;;;1H;/q;;;;;;;;-1;;;. The van der Waals surface area contributed by atoms with Crippen LogP contribution in [-0.4, -0.2) is 33.4 Å². The van der Waals surface area contributed by atoms with E-state index in [2.05, 4.69) is 118 Å². The second kappa shape index (κ2) is 79.6. The summed E-state index contributed by atoms with van der Waals surface area (Å²) in [4.78, 5) is 0. The van der Waals surface area contributed by atoms with E-state index in [1.165, 1.54) is 0 Å². The van der Waals surface area contributed by atoms with E-state index in [1.807, 2.05) is 0 Å². The van der Waals surface area contributed by atoms with Gasteiger partial charge in [0, 0.05) is 37.2 Å². The van der Waals surface area contributed by atoms with Crippen LogP contribution in [0.4, 0.5) is 0 Å². The molecule has 0 amide bonds. The maximum atomic E-state index is 9.86. The zero-order valence-corrected chi connectivity index (χ0v) is 26.0. The van der Waals surface area contributed by atoms with E-state index in [1.54, 1.807) is 0 Å². The zero-order valence-electron chi connectivity index (χ0n) is 11.2. The second-order valence-electron chi connectivity index (χ2n) is 1.34. The van der Waals surface area contributed by atoms with Gasteiger partial charge in [0.05, 0.1) is 6.61 Å². The van der Waals surface area contributed by atoms with Crippen LogP contribution < -0.4 is 13.3 Å². The van der Waals surface area contributed by atoms with Crippen molar-refractivity contribution in [1.29, 1.82) is 0 Å². The van der Waals surface area contributed by atoms with Gasteiger partial charge in [0.15, 0.2) is 0 Å². The largest absolute Gasteiger partial charge is 0.425 e. The van der Waals surface area contributed by atoms with Gasteiger partial charge in [-0.25, -0.2) is 0 Å². The number of rotatable bonds is 0. The fourth-order valence-corrected chi connectivity index (χ4v) is 0.658. The van der Waals surface area contributed by atoms with Gasteiger partial charge in [0.1, 0.15) is 5.75 Å². The minimum atomic E-state index is -3.11.